The topological polar surface area (TPSA) is 90.2 Å². The van der Waals surface area contributed by atoms with Crippen molar-refractivity contribution in [2.45, 2.75) is 80.8 Å². The third-order valence-corrected chi connectivity index (χ3v) is 5.08. The lowest BCUT2D eigenvalue weighted by atomic mass is 9.93. The minimum Gasteiger partial charge on any atom is -0.394 e. The Morgan fingerprint density at radius 1 is 0.913 bits per heavy atom. The Hall–Kier alpha value is -0.350. The van der Waals surface area contributed by atoms with E-state index in [1.165, 1.54) is 12.8 Å². The number of hydrogen-bond acceptors (Lipinski definition) is 5. The molecule has 0 bridgehead atoms. The summed E-state index contributed by atoms with van der Waals surface area (Å²) in [5.74, 6) is 6.16. The standard InChI is InChI=1S/C17H27ClO5/c18-12-6-4-2-1-3-5-11(9-12)7-8-13-15(20)17(22)16(21)14(10-19)23-13/h11-17,19-22H,1-6,9-10H2/t11?,12?,13-,14-,15-,16-,17-/m1/s1. The van der Waals surface area contributed by atoms with E-state index in [-0.39, 0.29) is 11.3 Å². The fourth-order valence-electron chi connectivity index (χ4n) is 3.21. The molecule has 0 spiro atoms. The van der Waals surface area contributed by atoms with Crippen LogP contribution in [0.5, 0.6) is 0 Å². The zero-order valence-electron chi connectivity index (χ0n) is 13.3. The zero-order valence-corrected chi connectivity index (χ0v) is 14.0. The molecule has 0 aromatic rings. The Morgan fingerprint density at radius 3 is 2.30 bits per heavy atom. The van der Waals surface area contributed by atoms with Crippen LogP contribution in [0, 0.1) is 17.8 Å². The quantitative estimate of drug-likeness (QED) is 0.416. The van der Waals surface area contributed by atoms with Crippen molar-refractivity contribution in [3.63, 3.8) is 0 Å². The number of alkyl halides is 1. The molecule has 2 unspecified atom stereocenters. The molecule has 132 valence electrons. The Kier molecular flexibility index (Phi) is 7.61. The van der Waals surface area contributed by atoms with E-state index < -0.39 is 37.1 Å². The molecule has 1 aliphatic carbocycles. The molecule has 0 aromatic carbocycles. The molecule has 0 radical (unpaired) electrons. The maximum absolute atomic E-state index is 10.0. The largest absolute Gasteiger partial charge is 0.394 e. The predicted octanol–water partition coefficient (Wildman–Crippen LogP) is 0.800. The van der Waals surface area contributed by atoms with Gasteiger partial charge in [0.25, 0.3) is 0 Å². The van der Waals surface area contributed by atoms with Crippen LogP contribution in [-0.2, 0) is 4.74 Å². The van der Waals surface area contributed by atoms with Crippen molar-refractivity contribution in [3.05, 3.63) is 0 Å². The van der Waals surface area contributed by atoms with Crippen LogP contribution in [0.1, 0.15) is 44.9 Å². The first-order chi connectivity index (χ1) is 11.0. The molecule has 1 saturated heterocycles. The minimum absolute atomic E-state index is 0.113. The van der Waals surface area contributed by atoms with E-state index in [1.54, 1.807) is 0 Å². The van der Waals surface area contributed by atoms with Crippen LogP contribution in [0.15, 0.2) is 0 Å². The van der Waals surface area contributed by atoms with Gasteiger partial charge in [-0.25, -0.2) is 0 Å². The van der Waals surface area contributed by atoms with Gasteiger partial charge in [0, 0.05) is 11.3 Å². The highest BCUT2D eigenvalue weighted by Gasteiger charge is 2.42. The first-order valence-corrected chi connectivity index (χ1v) is 8.92. The van der Waals surface area contributed by atoms with Crippen molar-refractivity contribution >= 4 is 11.6 Å². The number of ether oxygens (including phenoxy) is 1. The second-order valence-electron chi connectivity index (χ2n) is 6.56. The van der Waals surface area contributed by atoms with Gasteiger partial charge in [0.2, 0.25) is 0 Å². The van der Waals surface area contributed by atoms with Gasteiger partial charge in [-0.05, 0) is 19.3 Å². The lowest BCUT2D eigenvalue weighted by molar-refractivity contribution is -0.214. The van der Waals surface area contributed by atoms with Crippen LogP contribution in [0.3, 0.4) is 0 Å². The van der Waals surface area contributed by atoms with Crippen molar-refractivity contribution in [1.82, 2.24) is 0 Å². The highest BCUT2D eigenvalue weighted by atomic mass is 35.5. The third kappa shape index (κ3) is 5.32. The summed E-state index contributed by atoms with van der Waals surface area (Å²) in [6.45, 7) is -0.434. The van der Waals surface area contributed by atoms with Crippen LogP contribution >= 0.6 is 11.6 Å². The van der Waals surface area contributed by atoms with Gasteiger partial charge >= 0.3 is 0 Å². The summed E-state index contributed by atoms with van der Waals surface area (Å²) in [5, 5.41) is 38.9. The number of hydrogen-bond donors (Lipinski definition) is 4. The zero-order chi connectivity index (χ0) is 16.8. The molecule has 2 rings (SSSR count). The monoisotopic (exact) mass is 346 g/mol. The first kappa shape index (κ1) is 19.0. The van der Waals surface area contributed by atoms with Crippen LogP contribution in [0.25, 0.3) is 0 Å². The molecule has 2 aliphatic rings. The Balaban J connectivity index is 2.02. The lowest BCUT2D eigenvalue weighted by Gasteiger charge is -2.38. The van der Waals surface area contributed by atoms with Crippen LogP contribution in [0.4, 0.5) is 0 Å². The lowest BCUT2D eigenvalue weighted by Crippen LogP contribution is -2.58. The number of halogens is 1. The Labute approximate surface area is 142 Å². The van der Waals surface area contributed by atoms with E-state index in [4.69, 9.17) is 16.3 Å². The van der Waals surface area contributed by atoms with Crippen LogP contribution in [0.2, 0.25) is 0 Å². The van der Waals surface area contributed by atoms with Crippen LogP contribution < -0.4 is 0 Å². The second kappa shape index (κ2) is 9.22. The SMILES string of the molecule is OC[C@H]1O[C@H](C#CC2CCCCCCC(Cl)C2)[C@@H](O)[C@@H](O)[C@@H]1O. The van der Waals surface area contributed by atoms with E-state index in [0.29, 0.717) is 0 Å². The summed E-state index contributed by atoms with van der Waals surface area (Å²) in [4.78, 5) is 0. The molecule has 2 fully saturated rings. The molecular weight excluding hydrogens is 320 g/mol. The maximum Gasteiger partial charge on any atom is 0.147 e. The fraction of sp³-hybridized carbons (Fsp3) is 0.882. The van der Waals surface area contributed by atoms with Gasteiger partial charge in [-0.2, -0.15) is 0 Å². The molecule has 6 heteroatoms. The summed E-state index contributed by atoms with van der Waals surface area (Å²) < 4.78 is 5.41. The highest BCUT2D eigenvalue weighted by molar-refractivity contribution is 6.20. The van der Waals surface area contributed by atoms with Crippen molar-refractivity contribution in [3.8, 4) is 11.8 Å². The predicted molar refractivity (Wildman–Crippen MR) is 87.0 cm³/mol. The summed E-state index contributed by atoms with van der Waals surface area (Å²) in [6, 6.07) is 0. The molecule has 7 atom stereocenters. The van der Waals surface area contributed by atoms with Crippen molar-refractivity contribution in [2.24, 2.45) is 5.92 Å². The molecule has 0 amide bonds. The smallest absolute Gasteiger partial charge is 0.147 e. The Morgan fingerprint density at radius 2 is 1.61 bits per heavy atom. The second-order valence-corrected chi connectivity index (χ2v) is 7.18. The van der Waals surface area contributed by atoms with E-state index in [2.05, 4.69) is 11.8 Å². The first-order valence-electron chi connectivity index (χ1n) is 8.48. The van der Waals surface area contributed by atoms with Gasteiger partial charge in [-0.1, -0.05) is 37.5 Å². The average molecular weight is 347 g/mol. The maximum atomic E-state index is 10.0. The van der Waals surface area contributed by atoms with Gasteiger partial charge in [0.05, 0.1) is 6.61 Å². The highest BCUT2D eigenvalue weighted by Crippen LogP contribution is 2.26. The molecule has 1 saturated carbocycles. The summed E-state index contributed by atoms with van der Waals surface area (Å²) in [7, 11) is 0. The normalized spacial score (nSPS) is 42.7. The van der Waals surface area contributed by atoms with Crippen molar-refractivity contribution in [2.75, 3.05) is 6.61 Å². The molecule has 4 N–H and O–H groups in total. The van der Waals surface area contributed by atoms with Gasteiger partial charge in [-0.3, -0.25) is 0 Å². The van der Waals surface area contributed by atoms with Gasteiger partial charge in [0.15, 0.2) is 0 Å². The number of aliphatic hydroxyl groups excluding tert-OH is 4. The molecular formula is C17H27ClO5. The van der Waals surface area contributed by atoms with Gasteiger partial charge in [-0.15, -0.1) is 11.6 Å². The summed E-state index contributed by atoms with van der Waals surface area (Å²) in [6.07, 6.45) is 1.60. The molecule has 1 heterocycles. The van der Waals surface area contributed by atoms with Crippen LogP contribution in [-0.4, -0.2) is 62.9 Å². The molecule has 0 aromatic heterocycles. The molecule has 23 heavy (non-hydrogen) atoms. The van der Waals surface area contributed by atoms with E-state index in [0.717, 1.165) is 32.1 Å². The Bertz CT molecular complexity index is 419. The number of aliphatic hydroxyl groups is 4. The summed E-state index contributed by atoms with van der Waals surface area (Å²) in [5.41, 5.74) is 0. The molecule has 1 aliphatic heterocycles. The fourth-order valence-corrected chi connectivity index (χ4v) is 3.58. The van der Waals surface area contributed by atoms with E-state index in [9.17, 15) is 20.4 Å². The molecule has 5 nitrogen and oxygen atoms in total. The third-order valence-electron chi connectivity index (χ3n) is 4.68. The van der Waals surface area contributed by atoms with Crippen molar-refractivity contribution < 1.29 is 25.2 Å². The van der Waals surface area contributed by atoms with E-state index >= 15 is 0 Å². The summed E-state index contributed by atoms with van der Waals surface area (Å²) >= 11 is 6.34. The van der Waals surface area contributed by atoms with E-state index in [1.807, 2.05) is 0 Å². The van der Waals surface area contributed by atoms with Crippen molar-refractivity contribution in [1.29, 1.82) is 0 Å². The van der Waals surface area contributed by atoms with Gasteiger partial charge < -0.3 is 25.2 Å². The average Bonchev–Trinajstić information content (AvgIpc) is 2.64. The van der Waals surface area contributed by atoms with Gasteiger partial charge in [0.1, 0.15) is 30.5 Å². The minimum atomic E-state index is -1.37. The number of rotatable bonds is 1.